The molecule has 0 saturated carbocycles. The number of halogens is 3. The molecule has 3 rings (SSSR count). The monoisotopic (exact) mass is 416 g/mol. The molecule has 5 nitrogen and oxygen atoms in total. The average molecular weight is 418 g/mol. The van der Waals surface area contributed by atoms with Crippen LogP contribution in [0.4, 0.5) is 4.39 Å². The summed E-state index contributed by atoms with van der Waals surface area (Å²) in [5.41, 5.74) is 1.07. The Balaban J connectivity index is 0.00000208. The Morgan fingerprint density at radius 1 is 1.46 bits per heavy atom. The van der Waals surface area contributed by atoms with E-state index in [1.165, 1.54) is 12.1 Å². The van der Waals surface area contributed by atoms with Crippen LogP contribution in [0, 0.1) is 5.82 Å². The molecule has 0 spiro atoms. The van der Waals surface area contributed by atoms with E-state index in [4.69, 9.17) is 0 Å². The van der Waals surface area contributed by atoms with E-state index in [0.29, 0.717) is 17.3 Å². The number of rotatable bonds is 4. The largest absolute Gasteiger partial charge is 0.347 e. The Hall–Kier alpha value is -1.44. The summed E-state index contributed by atoms with van der Waals surface area (Å²) < 4.78 is 15.9. The Labute approximate surface area is 154 Å². The van der Waals surface area contributed by atoms with Gasteiger partial charge in [-0.15, -0.1) is 12.4 Å². The quantitative estimate of drug-likeness (QED) is 0.804. The lowest BCUT2D eigenvalue weighted by atomic mass is 10.1. The van der Waals surface area contributed by atoms with Gasteiger partial charge in [-0.05, 0) is 49.2 Å². The summed E-state index contributed by atoms with van der Waals surface area (Å²) in [5.74, 6) is -0.588. The zero-order valence-electron chi connectivity index (χ0n) is 13.0. The van der Waals surface area contributed by atoms with Crippen LogP contribution in [0.25, 0.3) is 0 Å². The van der Waals surface area contributed by atoms with Crippen molar-refractivity contribution in [3.8, 4) is 0 Å². The molecule has 130 valence electrons. The van der Waals surface area contributed by atoms with Crippen molar-refractivity contribution in [1.29, 1.82) is 0 Å². The highest BCUT2D eigenvalue weighted by Gasteiger charge is 2.17. The molecule has 1 aromatic heterocycles. The predicted molar refractivity (Wildman–Crippen MR) is 95.9 cm³/mol. The molecule has 0 radical (unpaired) electrons. The number of benzene rings is 1. The third-order valence-corrected chi connectivity index (χ3v) is 4.71. The van der Waals surface area contributed by atoms with Crippen molar-refractivity contribution in [3.05, 3.63) is 52.0 Å². The topological polar surface area (TPSA) is 59.0 Å². The summed E-state index contributed by atoms with van der Waals surface area (Å²) in [6.45, 7) is 2.15. The Bertz CT molecular complexity index is 703. The fourth-order valence-electron chi connectivity index (χ4n) is 2.67. The number of piperidine rings is 1. The maximum absolute atomic E-state index is 13.2. The van der Waals surface area contributed by atoms with Crippen LogP contribution in [0.2, 0.25) is 0 Å². The summed E-state index contributed by atoms with van der Waals surface area (Å²) >= 11 is 3.35. The Kier molecular flexibility index (Phi) is 6.77. The highest BCUT2D eigenvalue weighted by Crippen LogP contribution is 2.18. The zero-order chi connectivity index (χ0) is 16.2. The molecular formula is C16H19BrClFN4O. The molecule has 1 aliphatic rings. The summed E-state index contributed by atoms with van der Waals surface area (Å²) in [5, 5.41) is 10.5. The van der Waals surface area contributed by atoms with Gasteiger partial charge in [-0.25, -0.2) is 4.39 Å². The normalized spacial score (nSPS) is 17.2. The third kappa shape index (κ3) is 4.55. The lowest BCUT2D eigenvalue weighted by Gasteiger charge is -2.22. The van der Waals surface area contributed by atoms with Gasteiger partial charge in [-0.1, -0.05) is 15.9 Å². The maximum Gasteiger partial charge on any atom is 0.272 e. The van der Waals surface area contributed by atoms with Gasteiger partial charge in [0.1, 0.15) is 11.5 Å². The van der Waals surface area contributed by atoms with Gasteiger partial charge in [0, 0.05) is 23.8 Å². The molecule has 1 fully saturated rings. The van der Waals surface area contributed by atoms with E-state index < -0.39 is 0 Å². The second kappa shape index (κ2) is 8.60. The van der Waals surface area contributed by atoms with Crippen molar-refractivity contribution in [3.63, 3.8) is 0 Å². The van der Waals surface area contributed by atoms with Gasteiger partial charge in [0.05, 0.1) is 6.04 Å². The van der Waals surface area contributed by atoms with Crippen molar-refractivity contribution in [2.75, 3.05) is 13.1 Å². The first-order valence-electron chi connectivity index (χ1n) is 7.61. The molecule has 2 heterocycles. The van der Waals surface area contributed by atoms with Crippen molar-refractivity contribution < 1.29 is 9.18 Å². The van der Waals surface area contributed by atoms with Crippen LogP contribution in [0.15, 0.2) is 34.9 Å². The Morgan fingerprint density at radius 2 is 2.29 bits per heavy atom. The highest BCUT2D eigenvalue weighted by molar-refractivity contribution is 9.10. The molecule has 1 atom stereocenters. The summed E-state index contributed by atoms with van der Waals surface area (Å²) in [6.07, 6.45) is 4.01. The van der Waals surface area contributed by atoms with Crippen LogP contribution >= 0.6 is 28.3 Å². The van der Waals surface area contributed by atoms with Gasteiger partial charge < -0.3 is 10.6 Å². The fraction of sp³-hybridized carbons (Fsp3) is 0.375. The van der Waals surface area contributed by atoms with E-state index in [2.05, 4.69) is 31.7 Å². The summed E-state index contributed by atoms with van der Waals surface area (Å²) in [6, 6.07) is 6.40. The molecule has 0 aliphatic carbocycles. The molecule has 2 N–H and O–H groups in total. The van der Waals surface area contributed by atoms with E-state index >= 15 is 0 Å². The maximum atomic E-state index is 13.2. The number of carbonyl (C=O) groups is 1. The van der Waals surface area contributed by atoms with Crippen molar-refractivity contribution in [2.45, 2.75) is 25.4 Å². The van der Waals surface area contributed by atoms with Crippen LogP contribution < -0.4 is 10.6 Å². The number of carbonyl (C=O) groups excluding carboxylic acids is 1. The highest BCUT2D eigenvalue weighted by atomic mass is 79.9. The van der Waals surface area contributed by atoms with Gasteiger partial charge in [0.25, 0.3) is 5.91 Å². The molecule has 1 aromatic carbocycles. The van der Waals surface area contributed by atoms with Gasteiger partial charge in [0.15, 0.2) is 0 Å². The smallest absolute Gasteiger partial charge is 0.272 e. The standard InChI is InChI=1S/C16H18BrFN4O.ClH/c17-14-4-3-12(18)8-11(14)9-20-16(23)15-5-7-22(21-15)13-2-1-6-19-10-13;/h3-5,7-8,13,19H,1-2,6,9-10H2,(H,20,23);1H. The lowest BCUT2D eigenvalue weighted by molar-refractivity contribution is 0.0944. The van der Waals surface area contributed by atoms with Crippen molar-refractivity contribution >= 4 is 34.2 Å². The predicted octanol–water partition coefficient (Wildman–Crippen LogP) is 3.06. The first-order chi connectivity index (χ1) is 11.1. The Morgan fingerprint density at radius 3 is 3.04 bits per heavy atom. The zero-order valence-corrected chi connectivity index (χ0v) is 15.4. The molecule has 1 unspecified atom stereocenters. The van der Waals surface area contributed by atoms with Crippen molar-refractivity contribution in [2.24, 2.45) is 0 Å². The minimum absolute atomic E-state index is 0. The average Bonchev–Trinajstić information content (AvgIpc) is 3.06. The first kappa shape index (κ1) is 18.9. The van der Waals surface area contributed by atoms with E-state index in [1.807, 2.05) is 10.9 Å². The molecule has 1 aliphatic heterocycles. The van der Waals surface area contributed by atoms with Gasteiger partial charge in [-0.2, -0.15) is 5.10 Å². The molecule has 1 saturated heterocycles. The molecule has 24 heavy (non-hydrogen) atoms. The van der Waals surface area contributed by atoms with Crippen LogP contribution in [-0.4, -0.2) is 28.8 Å². The molecule has 1 amide bonds. The second-order valence-electron chi connectivity index (χ2n) is 5.60. The fourth-order valence-corrected chi connectivity index (χ4v) is 3.05. The number of amides is 1. The van der Waals surface area contributed by atoms with E-state index in [0.717, 1.165) is 30.4 Å². The second-order valence-corrected chi connectivity index (χ2v) is 6.45. The molecule has 2 aromatic rings. The molecular weight excluding hydrogens is 399 g/mol. The van der Waals surface area contributed by atoms with Crippen LogP contribution in [-0.2, 0) is 6.54 Å². The minimum atomic E-state index is -0.327. The van der Waals surface area contributed by atoms with Gasteiger partial charge in [-0.3, -0.25) is 9.48 Å². The number of aromatic nitrogens is 2. The lowest BCUT2D eigenvalue weighted by Crippen LogP contribution is -2.32. The van der Waals surface area contributed by atoms with Crippen LogP contribution in [0.1, 0.15) is 34.9 Å². The third-order valence-electron chi connectivity index (χ3n) is 3.93. The minimum Gasteiger partial charge on any atom is -0.347 e. The van der Waals surface area contributed by atoms with Crippen molar-refractivity contribution in [1.82, 2.24) is 20.4 Å². The molecule has 0 bridgehead atoms. The van der Waals surface area contributed by atoms with E-state index in [-0.39, 0.29) is 30.7 Å². The number of hydrogen-bond acceptors (Lipinski definition) is 3. The van der Waals surface area contributed by atoms with Crippen LogP contribution in [0.5, 0.6) is 0 Å². The summed E-state index contributed by atoms with van der Waals surface area (Å²) in [4.78, 5) is 12.2. The molecule has 8 heteroatoms. The van der Waals surface area contributed by atoms with E-state index in [1.54, 1.807) is 12.1 Å². The number of nitrogens with one attached hydrogen (secondary N) is 2. The summed E-state index contributed by atoms with van der Waals surface area (Å²) in [7, 11) is 0. The number of nitrogens with zero attached hydrogens (tertiary/aromatic N) is 2. The van der Waals surface area contributed by atoms with E-state index in [9.17, 15) is 9.18 Å². The van der Waals surface area contributed by atoms with Gasteiger partial charge >= 0.3 is 0 Å². The van der Waals surface area contributed by atoms with Gasteiger partial charge in [0.2, 0.25) is 0 Å². The first-order valence-corrected chi connectivity index (χ1v) is 8.41. The van der Waals surface area contributed by atoms with Crippen LogP contribution in [0.3, 0.4) is 0 Å². The number of hydrogen-bond donors (Lipinski definition) is 2. The SMILES string of the molecule is Cl.O=C(NCc1cc(F)ccc1Br)c1ccn(C2CCCNC2)n1.